The van der Waals surface area contributed by atoms with Gasteiger partial charge in [-0.25, -0.2) is 0 Å². The van der Waals surface area contributed by atoms with Crippen molar-refractivity contribution in [2.24, 2.45) is 0 Å². The summed E-state index contributed by atoms with van der Waals surface area (Å²) >= 11 is 0. The summed E-state index contributed by atoms with van der Waals surface area (Å²) < 4.78 is 0. The summed E-state index contributed by atoms with van der Waals surface area (Å²) in [6.45, 7) is 2.12. The smallest absolute Gasteiger partial charge is 0.248 e. The van der Waals surface area contributed by atoms with Gasteiger partial charge in [0.05, 0.1) is 0 Å². The van der Waals surface area contributed by atoms with Crippen LogP contribution in [0.5, 0.6) is 0 Å². The third-order valence-electron chi connectivity index (χ3n) is 2.21. The fourth-order valence-electron chi connectivity index (χ4n) is 1.53. The first-order valence-electron chi connectivity index (χ1n) is 4.15. The summed E-state index contributed by atoms with van der Waals surface area (Å²) in [7, 11) is 0. The molecular weight excluding hydrogens is 150 g/mol. The topological polar surface area (TPSA) is 32.9 Å². The Bertz CT molecular complexity index is 387. The van der Waals surface area contributed by atoms with Gasteiger partial charge in [0.2, 0.25) is 5.56 Å². The molecule has 2 nitrogen and oxygen atoms in total. The van der Waals surface area contributed by atoms with Crippen molar-refractivity contribution < 1.29 is 0 Å². The highest BCUT2D eigenvalue weighted by molar-refractivity contribution is 5.56. The molecule has 0 bridgehead atoms. The Morgan fingerprint density at radius 3 is 3.00 bits per heavy atom. The third-order valence-corrected chi connectivity index (χ3v) is 2.21. The standard InChI is InChI=1S/C10H11NO/c1-7-2-4-9-8(6-7)3-5-10(12)11-9/h3,5-6H,2,4H2,1H3,(H,11,12). The Morgan fingerprint density at radius 1 is 1.33 bits per heavy atom. The number of hydrogen-bond donors (Lipinski definition) is 1. The summed E-state index contributed by atoms with van der Waals surface area (Å²) in [5, 5.41) is 0. The minimum Gasteiger partial charge on any atom is -0.326 e. The van der Waals surface area contributed by atoms with E-state index in [1.807, 2.05) is 6.07 Å². The molecule has 1 aliphatic rings. The molecule has 0 amide bonds. The molecule has 2 rings (SSSR count). The van der Waals surface area contributed by atoms with Gasteiger partial charge in [0.25, 0.3) is 0 Å². The maximum absolute atomic E-state index is 10.9. The van der Waals surface area contributed by atoms with Gasteiger partial charge >= 0.3 is 0 Å². The van der Waals surface area contributed by atoms with Crippen molar-refractivity contribution in [3.8, 4) is 0 Å². The van der Waals surface area contributed by atoms with E-state index in [9.17, 15) is 4.79 Å². The van der Waals surface area contributed by atoms with Crippen molar-refractivity contribution in [2.45, 2.75) is 19.8 Å². The number of hydrogen-bond acceptors (Lipinski definition) is 1. The lowest BCUT2D eigenvalue weighted by Gasteiger charge is -2.12. The van der Waals surface area contributed by atoms with E-state index in [1.54, 1.807) is 6.07 Å². The minimum atomic E-state index is 0.00158. The summed E-state index contributed by atoms with van der Waals surface area (Å²) in [5.74, 6) is 0. The summed E-state index contributed by atoms with van der Waals surface area (Å²) in [4.78, 5) is 13.8. The van der Waals surface area contributed by atoms with Crippen LogP contribution in [0.25, 0.3) is 6.08 Å². The first-order chi connectivity index (χ1) is 5.75. The molecule has 1 aromatic rings. The molecule has 0 saturated carbocycles. The molecule has 1 heterocycles. The molecule has 0 atom stereocenters. The van der Waals surface area contributed by atoms with Gasteiger partial charge in [-0.05, 0) is 31.4 Å². The molecule has 1 aromatic heterocycles. The number of pyridine rings is 1. The van der Waals surface area contributed by atoms with Crippen molar-refractivity contribution in [2.75, 3.05) is 0 Å². The second-order valence-electron chi connectivity index (χ2n) is 3.25. The van der Waals surface area contributed by atoms with E-state index in [0.717, 1.165) is 18.5 Å². The Hall–Kier alpha value is -1.31. The van der Waals surface area contributed by atoms with Gasteiger partial charge < -0.3 is 4.98 Å². The van der Waals surface area contributed by atoms with Crippen molar-refractivity contribution in [1.82, 2.24) is 4.98 Å². The number of nitrogens with one attached hydrogen (secondary N) is 1. The molecule has 62 valence electrons. The molecular formula is C10H11NO. The highest BCUT2D eigenvalue weighted by atomic mass is 16.1. The van der Waals surface area contributed by atoms with Gasteiger partial charge in [0, 0.05) is 11.8 Å². The van der Waals surface area contributed by atoms with E-state index in [0.29, 0.717) is 0 Å². The van der Waals surface area contributed by atoms with Crippen LogP contribution in [0.3, 0.4) is 0 Å². The number of aromatic nitrogens is 1. The number of H-pyrrole nitrogens is 1. The van der Waals surface area contributed by atoms with Crippen LogP contribution in [-0.2, 0) is 6.42 Å². The molecule has 1 aliphatic carbocycles. The lowest BCUT2D eigenvalue weighted by molar-refractivity contribution is 0.875. The molecule has 0 fully saturated rings. The lowest BCUT2D eigenvalue weighted by Crippen LogP contribution is -2.10. The highest BCUT2D eigenvalue weighted by Crippen LogP contribution is 2.19. The Balaban J connectivity index is 2.58. The van der Waals surface area contributed by atoms with Gasteiger partial charge in [-0.3, -0.25) is 4.79 Å². The minimum absolute atomic E-state index is 0.00158. The maximum Gasteiger partial charge on any atom is 0.248 e. The molecule has 0 aliphatic heterocycles. The number of aryl methyl sites for hydroxylation is 1. The van der Waals surface area contributed by atoms with Crippen LogP contribution in [0.15, 0.2) is 22.5 Å². The number of fused-ring (bicyclic) bond motifs is 1. The quantitative estimate of drug-likeness (QED) is 0.617. The number of allylic oxidation sites excluding steroid dienone is 1. The Kier molecular flexibility index (Phi) is 1.61. The average molecular weight is 161 g/mol. The highest BCUT2D eigenvalue weighted by Gasteiger charge is 2.07. The Morgan fingerprint density at radius 2 is 2.17 bits per heavy atom. The molecule has 0 unspecified atom stereocenters. The zero-order chi connectivity index (χ0) is 8.55. The second-order valence-corrected chi connectivity index (χ2v) is 3.25. The van der Waals surface area contributed by atoms with E-state index >= 15 is 0 Å². The van der Waals surface area contributed by atoms with Crippen LogP contribution in [0.2, 0.25) is 0 Å². The van der Waals surface area contributed by atoms with Gasteiger partial charge in [-0.15, -0.1) is 0 Å². The van der Waals surface area contributed by atoms with Crippen LogP contribution < -0.4 is 5.56 Å². The fourth-order valence-corrected chi connectivity index (χ4v) is 1.53. The largest absolute Gasteiger partial charge is 0.326 e. The molecule has 0 saturated heterocycles. The van der Waals surface area contributed by atoms with Crippen LogP contribution in [0.4, 0.5) is 0 Å². The van der Waals surface area contributed by atoms with Crippen molar-refractivity contribution in [3.05, 3.63) is 39.3 Å². The van der Waals surface area contributed by atoms with Gasteiger partial charge in [-0.2, -0.15) is 0 Å². The number of aromatic amines is 1. The molecule has 0 aromatic carbocycles. The second kappa shape index (κ2) is 2.63. The Labute approximate surface area is 70.9 Å². The van der Waals surface area contributed by atoms with Crippen LogP contribution in [0.1, 0.15) is 24.6 Å². The maximum atomic E-state index is 10.9. The predicted molar refractivity (Wildman–Crippen MR) is 49.0 cm³/mol. The molecule has 0 spiro atoms. The van der Waals surface area contributed by atoms with E-state index < -0.39 is 0 Å². The predicted octanol–water partition coefficient (Wildman–Crippen LogP) is 1.72. The zero-order valence-electron chi connectivity index (χ0n) is 7.05. The summed E-state index contributed by atoms with van der Waals surface area (Å²) in [6, 6.07) is 3.46. The first kappa shape index (κ1) is 7.35. The van der Waals surface area contributed by atoms with Gasteiger partial charge in [0.15, 0.2) is 0 Å². The molecule has 12 heavy (non-hydrogen) atoms. The van der Waals surface area contributed by atoms with Crippen molar-refractivity contribution >= 4 is 6.08 Å². The van der Waals surface area contributed by atoms with E-state index in [1.165, 1.54) is 11.1 Å². The normalized spacial score (nSPS) is 15.2. The van der Waals surface area contributed by atoms with Crippen LogP contribution >= 0.6 is 0 Å². The van der Waals surface area contributed by atoms with E-state index in [2.05, 4.69) is 18.0 Å². The van der Waals surface area contributed by atoms with Crippen LogP contribution in [0, 0.1) is 0 Å². The van der Waals surface area contributed by atoms with E-state index in [4.69, 9.17) is 0 Å². The summed E-state index contributed by atoms with van der Waals surface area (Å²) in [6.07, 6.45) is 4.16. The molecule has 1 N–H and O–H groups in total. The van der Waals surface area contributed by atoms with E-state index in [-0.39, 0.29) is 5.56 Å². The first-order valence-corrected chi connectivity index (χ1v) is 4.15. The SMILES string of the molecule is CC1=Cc2ccc(=O)[nH]c2CC1. The van der Waals surface area contributed by atoms with Crippen LogP contribution in [-0.4, -0.2) is 4.98 Å². The molecule has 0 radical (unpaired) electrons. The molecule has 2 heteroatoms. The van der Waals surface area contributed by atoms with Crippen molar-refractivity contribution in [1.29, 1.82) is 0 Å². The average Bonchev–Trinajstić information content (AvgIpc) is 2.05. The van der Waals surface area contributed by atoms with Crippen molar-refractivity contribution in [3.63, 3.8) is 0 Å². The lowest BCUT2D eigenvalue weighted by atomic mass is 9.97. The third kappa shape index (κ3) is 1.20. The van der Waals surface area contributed by atoms with Gasteiger partial charge in [-0.1, -0.05) is 11.6 Å². The van der Waals surface area contributed by atoms with Gasteiger partial charge in [0.1, 0.15) is 0 Å². The summed E-state index contributed by atoms with van der Waals surface area (Å²) in [5.41, 5.74) is 3.63. The monoisotopic (exact) mass is 161 g/mol. The fraction of sp³-hybridized carbons (Fsp3) is 0.300. The zero-order valence-corrected chi connectivity index (χ0v) is 7.05. The number of rotatable bonds is 0.